The second-order valence-electron chi connectivity index (χ2n) is 8.37. The van der Waals surface area contributed by atoms with Crippen LogP contribution in [0, 0.1) is 13.8 Å². The number of hydrogen-bond acceptors (Lipinski definition) is 4. The van der Waals surface area contributed by atoms with Crippen LogP contribution in [0.25, 0.3) is 5.69 Å². The molecule has 1 saturated heterocycles. The first kappa shape index (κ1) is 22.9. The van der Waals surface area contributed by atoms with Crippen molar-refractivity contribution in [2.24, 2.45) is 4.99 Å². The topological polar surface area (TPSA) is 72.7 Å². The second kappa shape index (κ2) is 11.0. The van der Waals surface area contributed by atoms with Crippen LogP contribution >= 0.6 is 0 Å². The van der Waals surface area contributed by atoms with Crippen LogP contribution < -0.4 is 15.4 Å². The third-order valence-corrected chi connectivity index (χ3v) is 5.75. The largest absolute Gasteiger partial charge is 0.491 e. The number of hydrogen-bond donors (Lipinski definition) is 2. The SMILES string of the molecule is CN=C(NCc1ccc(C)cc1OCC1CCCO1)NCc1ccccc1-n1ccc(C)n1. The molecule has 33 heavy (non-hydrogen) atoms. The standard InChI is InChI=1S/C26H33N5O2/c1-19-10-11-22(25(15-19)33-18-23-8-6-14-32-23)17-29-26(27-3)28-16-21-7-4-5-9-24(21)31-13-12-20(2)30-31/h4-5,7,9-13,15,23H,6,8,14,16-18H2,1-3H3,(H2,27,28,29). The second-order valence-corrected chi connectivity index (χ2v) is 8.37. The molecular weight excluding hydrogens is 414 g/mol. The predicted molar refractivity (Wildman–Crippen MR) is 131 cm³/mol. The van der Waals surface area contributed by atoms with E-state index in [1.54, 1.807) is 7.05 Å². The van der Waals surface area contributed by atoms with E-state index in [1.807, 2.05) is 36.0 Å². The van der Waals surface area contributed by atoms with Gasteiger partial charge in [-0.15, -0.1) is 0 Å². The maximum Gasteiger partial charge on any atom is 0.191 e. The first-order valence-electron chi connectivity index (χ1n) is 11.5. The monoisotopic (exact) mass is 447 g/mol. The zero-order valence-electron chi connectivity index (χ0n) is 19.7. The molecule has 2 aromatic carbocycles. The van der Waals surface area contributed by atoms with E-state index in [0.717, 1.165) is 53.7 Å². The lowest BCUT2D eigenvalue weighted by atomic mass is 10.1. The van der Waals surface area contributed by atoms with E-state index in [1.165, 1.54) is 5.56 Å². The molecule has 1 unspecified atom stereocenters. The Morgan fingerprint density at radius 3 is 2.67 bits per heavy atom. The summed E-state index contributed by atoms with van der Waals surface area (Å²) in [5.74, 6) is 1.62. The van der Waals surface area contributed by atoms with Gasteiger partial charge in [-0.1, -0.05) is 30.3 Å². The number of guanidine groups is 1. The minimum absolute atomic E-state index is 0.194. The van der Waals surface area contributed by atoms with E-state index in [4.69, 9.17) is 9.47 Å². The van der Waals surface area contributed by atoms with Gasteiger partial charge in [-0.05, 0) is 56.0 Å². The zero-order chi connectivity index (χ0) is 23.0. The Bertz CT molecular complexity index is 1090. The van der Waals surface area contributed by atoms with Crippen LogP contribution in [-0.2, 0) is 17.8 Å². The number of ether oxygens (including phenoxy) is 2. The highest BCUT2D eigenvalue weighted by Crippen LogP contribution is 2.22. The smallest absolute Gasteiger partial charge is 0.191 e. The van der Waals surface area contributed by atoms with Crippen molar-refractivity contribution < 1.29 is 9.47 Å². The number of aliphatic imine (C=N–C) groups is 1. The highest BCUT2D eigenvalue weighted by atomic mass is 16.5. The van der Waals surface area contributed by atoms with E-state index in [2.05, 4.69) is 58.0 Å². The van der Waals surface area contributed by atoms with Crippen LogP contribution in [0.2, 0.25) is 0 Å². The summed E-state index contributed by atoms with van der Waals surface area (Å²) < 4.78 is 13.7. The molecule has 0 spiro atoms. The van der Waals surface area contributed by atoms with Gasteiger partial charge >= 0.3 is 0 Å². The summed E-state index contributed by atoms with van der Waals surface area (Å²) in [5.41, 5.74) is 5.45. The molecule has 0 aliphatic carbocycles. The summed E-state index contributed by atoms with van der Waals surface area (Å²) in [6.45, 7) is 6.74. The van der Waals surface area contributed by atoms with Gasteiger partial charge in [0.15, 0.2) is 5.96 Å². The Balaban J connectivity index is 1.37. The van der Waals surface area contributed by atoms with Crippen LogP contribution in [0.4, 0.5) is 0 Å². The lowest BCUT2D eigenvalue weighted by Crippen LogP contribution is -2.36. The van der Waals surface area contributed by atoms with Crippen molar-refractivity contribution in [3.63, 3.8) is 0 Å². The molecular formula is C26H33N5O2. The minimum atomic E-state index is 0.194. The molecule has 2 N–H and O–H groups in total. The summed E-state index contributed by atoms with van der Waals surface area (Å²) in [6, 6.07) is 16.5. The number of nitrogens with zero attached hydrogens (tertiary/aromatic N) is 3. The lowest BCUT2D eigenvalue weighted by Gasteiger charge is -2.17. The highest BCUT2D eigenvalue weighted by Gasteiger charge is 2.17. The predicted octanol–water partition coefficient (Wildman–Crippen LogP) is 3.91. The fourth-order valence-corrected chi connectivity index (χ4v) is 3.91. The van der Waals surface area contributed by atoms with Crippen LogP contribution in [-0.4, -0.2) is 42.1 Å². The van der Waals surface area contributed by atoms with Crippen LogP contribution in [0.3, 0.4) is 0 Å². The van der Waals surface area contributed by atoms with Crippen molar-refractivity contribution in [3.8, 4) is 11.4 Å². The zero-order valence-corrected chi connectivity index (χ0v) is 19.7. The number of benzene rings is 2. The molecule has 0 amide bonds. The molecule has 1 atom stereocenters. The summed E-state index contributed by atoms with van der Waals surface area (Å²) in [7, 11) is 1.78. The van der Waals surface area contributed by atoms with Gasteiger partial charge in [0.2, 0.25) is 0 Å². The maximum atomic E-state index is 6.13. The number of rotatable bonds is 8. The number of aryl methyl sites for hydroxylation is 2. The molecule has 1 aromatic heterocycles. The summed E-state index contributed by atoms with van der Waals surface area (Å²) in [6.07, 6.45) is 4.35. The van der Waals surface area contributed by atoms with E-state index >= 15 is 0 Å². The van der Waals surface area contributed by atoms with Crippen molar-refractivity contribution in [2.75, 3.05) is 20.3 Å². The lowest BCUT2D eigenvalue weighted by molar-refractivity contribution is 0.0676. The van der Waals surface area contributed by atoms with Crippen molar-refractivity contribution >= 4 is 5.96 Å². The average molecular weight is 448 g/mol. The summed E-state index contributed by atoms with van der Waals surface area (Å²) in [4.78, 5) is 4.39. The summed E-state index contributed by atoms with van der Waals surface area (Å²) >= 11 is 0. The Hall–Kier alpha value is -3.32. The van der Waals surface area contributed by atoms with Gasteiger partial charge in [-0.3, -0.25) is 4.99 Å². The molecule has 0 saturated carbocycles. The van der Waals surface area contributed by atoms with Crippen LogP contribution in [0.15, 0.2) is 59.7 Å². The van der Waals surface area contributed by atoms with Gasteiger partial charge in [0.05, 0.1) is 17.5 Å². The fourth-order valence-electron chi connectivity index (χ4n) is 3.91. The molecule has 174 valence electrons. The third-order valence-electron chi connectivity index (χ3n) is 5.75. The van der Waals surface area contributed by atoms with Gasteiger partial charge in [0.25, 0.3) is 0 Å². The molecule has 0 radical (unpaired) electrons. The first-order valence-corrected chi connectivity index (χ1v) is 11.5. The van der Waals surface area contributed by atoms with Gasteiger partial charge in [-0.25, -0.2) is 4.68 Å². The molecule has 7 nitrogen and oxygen atoms in total. The van der Waals surface area contributed by atoms with Crippen molar-refractivity contribution in [1.29, 1.82) is 0 Å². The average Bonchev–Trinajstić information content (AvgIpc) is 3.51. The van der Waals surface area contributed by atoms with E-state index < -0.39 is 0 Å². The Kier molecular flexibility index (Phi) is 7.62. The molecule has 7 heteroatoms. The number of para-hydroxylation sites is 1. The maximum absolute atomic E-state index is 6.13. The molecule has 2 heterocycles. The first-order chi connectivity index (χ1) is 16.1. The van der Waals surface area contributed by atoms with Crippen molar-refractivity contribution in [1.82, 2.24) is 20.4 Å². The molecule has 1 fully saturated rings. The summed E-state index contributed by atoms with van der Waals surface area (Å²) in [5, 5.41) is 11.4. The quantitative estimate of drug-likeness (QED) is 0.405. The molecule has 1 aliphatic heterocycles. The van der Waals surface area contributed by atoms with Crippen LogP contribution in [0.1, 0.15) is 35.2 Å². The normalized spacial score (nSPS) is 16.1. The van der Waals surface area contributed by atoms with Crippen molar-refractivity contribution in [3.05, 3.63) is 77.1 Å². The number of aromatic nitrogens is 2. The van der Waals surface area contributed by atoms with Gasteiger partial charge in [0.1, 0.15) is 12.4 Å². The highest BCUT2D eigenvalue weighted by molar-refractivity contribution is 5.79. The van der Waals surface area contributed by atoms with Crippen molar-refractivity contribution in [2.45, 2.75) is 45.9 Å². The molecule has 3 aromatic rings. The van der Waals surface area contributed by atoms with Gasteiger partial charge in [0, 0.05) is 38.5 Å². The molecule has 0 bridgehead atoms. The van der Waals surface area contributed by atoms with Gasteiger partial charge < -0.3 is 20.1 Å². The third kappa shape index (κ3) is 6.14. The Morgan fingerprint density at radius 2 is 1.94 bits per heavy atom. The molecule has 1 aliphatic rings. The van der Waals surface area contributed by atoms with Gasteiger partial charge in [-0.2, -0.15) is 5.10 Å². The molecule has 4 rings (SSSR count). The van der Waals surface area contributed by atoms with E-state index in [0.29, 0.717) is 19.7 Å². The van der Waals surface area contributed by atoms with E-state index in [-0.39, 0.29) is 6.10 Å². The van der Waals surface area contributed by atoms with Crippen LogP contribution in [0.5, 0.6) is 5.75 Å². The fraction of sp³-hybridized carbons (Fsp3) is 0.385. The number of nitrogens with one attached hydrogen (secondary N) is 2. The Morgan fingerprint density at radius 1 is 1.12 bits per heavy atom. The Labute approximate surface area is 195 Å². The minimum Gasteiger partial charge on any atom is -0.491 e. The van der Waals surface area contributed by atoms with E-state index in [9.17, 15) is 0 Å².